The number of hydrogen-bond donors (Lipinski definition) is 1. The molecule has 1 fully saturated rings. The topological polar surface area (TPSA) is 47.3 Å². The van der Waals surface area contributed by atoms with Gasteiger partial charge in [-0.2, -0.15) is 13.2 Å². The van der Waals surface area contributed by atoms with E-state index in [1.165, 1.54) is 6.26 Å². The van der Waals surface area contributed by atoms with E-state index in [4.69, 9.17) is 9.26 Å². The fourth-order valence-corrected chi connectivity index (χ4v) is 2.63. The van der Waals surface area contributed by atoms with Crippen LogP contribution >= 0.6 is 0 Å². The van der Waals surface area contributed by atoms with Gasteiger partial charge in [0.2, 0.25) is 0 Å². The molecule has 2 heterocycles. The minimum atomic E-state index is -4.22. The lowest BCUT2D eigenvalue weighted by Crippen LogP contribution is -2.49. The number of nitrogens with one attached hydrogen (secondary N) is 1. The standard InChI is InChI=1S/C14H21F3N2O2/c1-10(2)12-11(8-21-19-12)7-18-9-13(14(15,16)17)3-5-20-6-4-13/h8,10,18H,3-7,9H2,1-2H3. The van der Waals surface area contributed by atoms with E-state index in [-0.39, 0.29) is 38.5 Å². The molecule has 4 nitrogen and oxygen atoms in total. The van der Waals surface area contributed by atoms with Crippen molar-refractivity contribution in [1.29, 1.82) is 0 Å². The molecule has 0 bridgehead atoms. The van der Waals surface area contributed by atoms with Crippen LogP contribution in [0.15, 0.2) is 10.8 Å². The summed E-state index contributed by atoms with van der Waals surface area (Å²) in [6, 6.07) is 0. The lowest BCUT2D eigenvalue weighted by atomic mass is 9.79. The SMILES string of the molecule is CC(C)c1nocc1CNCC1(C(F)(F)F)CCOCC1. The van der Waals surface area contributed by atoms with Crippen LogP contribution in [0, 0.1) is 5.41 Å². The Kier molecular flexibility index (Phi) is 4.93. The number of nitrogens with zero attached hydrogens (tertiary/aromatic N) is 1. The summed E-state index contributed by atoms with van der Waals surface area (Å²) < 4.78 is 50.0. The van der Waals surface area contributed by atoms with Crippen molar-refractivity contribution in [1.82, 2.24) is 10.5 Å². The maximum absolute atomic E-state index is 13.3. The molecule has 1 aromatic heterocycles. The molecule has 0 aliphatic carbocycles. The minimum Gasteiger partial charge on any atom is -0.381 e. The Hall–Kier alpha value is -1.08. The smallest absolute Gasteiger partial charge is 0.381 e. The quantitative estimate of drug-likeness (QED) is 0.907. The molecule has 1 aliphatic heterocycles. The van der Waals surface area contributed by atoms with Gasteiger partial charge in [-0.05, 0) is 18.8 Å². The zero-order valence-corrected chi connectivity index (χ0v) is 12.3. The first-order chi connectivity index (χ1) is 9.86. The Morgan fingerprint density at radius 2 is 2.00 bits per heavy atom. The van der Waals surface area contributed by atoms with Crippen molar-refractivity contribution < 1.29 is 22.4 Å². The average molecular weight is 306 g/mol. The van der Waals surface area contributed by atoms with Crippen molar-refractivity contribution in [3.05, 3.63) is 17.5 Å². The van der Waals surface area contributed by atoms with E-state index in [0.717, 1.165) is 11.3 Å². The number of halogens is 3. The lowest BCUT2D eigenvalue weighted by Gasteiger charge is -2.38. The first-order valence-electron chi connectivity index (χ1n) is 7.14. The Balaban J connectivity index is 1.98. The van der Waals surface area contributed by atoms with Gasteiger partial charge in [0.05, 0.1) is 11.1 Å². The number of aromatic nitrogens is 1. The highest BCUT2D eigenvalue weighted by Crippen LogP contribution is 2.45. The highest BCUT2D eigenvalue weighted by atomic mass is 19.4. The summed E-state index contributed by atoms with van der Waals surface area (Å²) >= 11 is 0. The Morgan fingerprint density at radius 3 is 2.57 bits per heavy atom. The summed E-state index contributed by atoms with van der Waals surface area (Å²) in [6.45, 7) is 4.48. The Labute approximate surface area is 122 Å². The van der Waals surface area contributed by atoms with Crippen molar-refractivity contribution in [2.24, 2.45) is 5.41 Å². The average Bonchev–Trinajstić information content (AvgIpc) is 2.87. The second-order valence-corrected chi connectivity index (χ2v) is 5.87. The third-order valence-electron chi connectivity index (χ3n) is 4.05. The maximum Gasteiger partial charge on any atom is 0.395 e. The van der Waals surface area contributed by atoms with Crippen LogP contribution in [0.4, 0.5) is 13.2 Å². The Morgan fingerprint density at radius 1 is 1.33 bits per heavy atom. The summed E-state index contributed by atoms with van der Waals surface area (Å²) in [7, 11) is 0. The van der Waals surface area contributed by atoms with Gasteiger partial charge in [-0.25, -0.2) is 0 Å². The molecular formula is C14H21F3N2O2. The van der Waals surface area contributed by atoms with Crippen molar-refractivity contribution in [3.8, 4) is 0 Å². The zero-order chi connectivity index (χ0) is 15.5. The van der Waals surface area contributed by atoms with E-state index in [2.05, 4.69) is 10.5 Å². The van der Waals surface area contributed by atoms with Crippen LogP contribution in [-0.2, 0) is 11.3 Å². The molecule has 2 rings (SSSR count). The highest BCUT2D eigenvalue weighted by Gasteiger charge is 2.54. The number of alkyl halides is 3. The first kappa shape index (κ1) is 16.3. The molecule has 7 heteroatoms. The summed E-state index contributed by atoms with van der Waals surface area (Å²) in [4.78, 5) is 0. The highest BCUT2D eigenvalue weighted by molar-refractivity contribution is 5.17. The molecule has 0 unspecified atom stereocenters. The predicted molar refractivity (Wildman–Crippen MR) is 70.8 cm³/mol. The molecular weight excluding hydrogens is 285 g/mol. The molecule has 0 amide bonds. The van der Waals surface area contributed by atoms with E-state index in [1.54, 1.807) is 0 Å². The van der Waals surface area contributed by atoms with Crippen molar-refractivity contribution in [2.45, 2.75) is 45.3 Å². The summed E-state index contributed by atoms with van der Waals surface area (Å²) in [5, 5.41) is 6.81. The summed E-state index contributed by atoms with van der Waals surface area (Å²) in [6.07, 6.45) is -2.72. The van der Waals surface area contributed by atoms with E-state index < -0.39 is 11.6 Å². The molecule has 1 saturated heterocycles. The molecule has 0 radical (unpaired) electrons. The molecule has 1 aliphatic rings. The second-order valence-electron chi connectivity index (χ2n) is 5.87. The first-order valence-corrected chi connectivity index (χ1v) is 7.14. The van der Waals surface area contributed by atoms with E-state index in [1.807, 2.05) is 13.8 Å². The van der Waals surface area contributed by atoms with Crippen molar-refractivity contribution in [2.75, 3.05) is 19.8 Å². The molecule has 1 N–H and O–H groups in total. The van der Waals surface area contributed by atoms with Crippen molar-refractivity contribution >= 4 is 0 Å². The van der Waals surface area contributed by atoms with Crippen LogP contribution in [0.1, 0.15) is 43.9 Å². The third kappa shape index (κ3) is 3.58. The lowest BCUT2D eigenvalue weighted by molar-refractivity contribution is -0.244. The summed E-state index contributed by atoms with van der Waals surface area (Å²) in [5.41, 5.74) is -0.0923. The maximum atomic E-state index is 13.3. The Bertz CT molecular complexity index is 451. The van der Waals surface area contributed by atoms with E-state index in [0.29, 0.717) is 6.54 Å². The van der Waals surface area contributed by atoms with Crippen LogP contribution in [-0.4, -0.2) is 31.1 Å². The summed E-state index contributed by atoms with van der Waals surface area (Å²) in [5.74, 6) is 0.181. The van der Waals surface area contributed by atoms with Crippen LogP contribution in [0.3, 0.4) is 0 Å². The molecule has 21 heavy (non-hydrogen) atoms. The van der Waals surface area contributed by atoms with E-state index in [9.17, 15) is 13.2 Å². The molecule has 0 atom stereocenters. The molecule has 0 aromatic carbocycles. The normalized spacial score (nSPS) is 19.1. The molecule has 0 spiro atoms. The van der Waals surface area contributed by atoms with Crippen LogP contribution < -0.4 is 5.32 Å². The van der Waals surface area contributed by atoms with Crippen molar-refractivity contribution in [3.63, 3.8) is 0 Å². The van der Waals surface area contributed by atoms with Gasteiger partial charge in [0.1, 0.15) is 6.26 Å². The third-order valence-corrected chi connectivity index (χ3v) is 4.05. The fraction of sp³-hybridized carbons (Fsp3) is 0.786. The molecule has 1 aromatic rings. The van der Waals surface area contributed by atoms with Crippen LogP contribution in [0.2, 0.25) is 0 Å². The monoisotopic (exact) mass is 306 g/mol. The molecule has 120 valence electrons. The molecule has 0 saturated carbocycles. The number of ether oxygens (including phenoxy) is 1. The van der Waals surface area contributed by atoms with E-state index >= 15 is 0 Å². The van der Waals surface area contributed by atoms with Gasteiger partial charge < -0.3 is 14.6 Å². The number of hydrogen-bond acceptors (Lipinski definition) is 4. The van der Waals surface area contributed by atoms with Gasteiger partial charge >= 0.3 is 6.18 Å². The fourth-order valence-electron chi connectivity index (χ4n) is 2.63. The van der Waals surface area contributed by atoms with Gasteiger partial charge in [0, 0.05) is 31.9 Å². The van der Waals surface area contributed by atoms with Crippen LogP contribution in [0.5, 0.6) is 0 Å². The van der Waals surface area contributed by atoms with Gasteiger partial charge in [-0.3, -0.25) is 0 Å². The van der Waals surface area contributed by atoms with Gasteiger partial charge in [0.25, 0.3) is 0 Å². The largest absolute Gasteiger partial charge is 0.395 e. The predicted octanol–water partition coefficient (Wildman–Crippen LogP) is 3.25. The van der Waals surface area contributed by atoms with Gasteiger partial charge in [-0.1, -0.05) is 19.0 Å². The second kappa shape index (κ2) is 6.36. The number of rotatable bonds is 5. The zero-order valence-electron chi connectivity index (χ0n) is 12.3. The van der Waals surface area contributed by atoms with Gasteiger partial charge in [-0.15, -0.1) is 0 Å². The van der Waals surface area contributed by atoms with Gasteiger partial charge in [0.15, 0.2) is 0 Å². The van der Waals surface area contributed by atoms with Crippen LogP contribution in [0.25, 0.3) is 0 Å². The minimum absolute atomic E-state index is 0.00414.